The Morgan fingerprint density at radius 2 is 2.05 bits per heavy atom. The third kappa shape index (κ3) is 3.69. The van der Waals surface area contributed by atoms with Crippen LogP contribution in [0, 0.1) is 6.92 Å². The molecule has 0 atom stereocenters. The van der Waals surface area contributed by atoms with Gasteiger partial charge in [0, 0.05) is 11.8 Å². The van der Waals surface area contributed by atoms with E-state index < -0.39 is 6.09 Å². The van der Waals surface area contributed by atoms with E-state index >= 15 is 0 Å². The van der Waals surface area contributed by atoms with Gasteiger partial charge < -0.3 is 4.74 Å². The first-order chi connectivity index (χ1) is 9.16. The Morgan fingerprint density at radius 3 is 2.79 bits per heavy atom. The van der Waals surface area contributed by atoms with Crippen molar-refractivity contribution in [2.24, 2.45) is 0 Å². The van der Waals surface area contributed by atoms with Crippen LogP contribution in [0.1, 0.15) is 11.1 Å². The number of benzene rings is 1. The molecule has 19 heavy (non-hydrogen) atoms. The second-order valence-corrected chi connectivity index (χ2v) is 4.32. The molecule has 1 aromatic carbocycles. The van der Waals surface area contributed by atoms with Crippen LogP contribution in [0.4, 0.5) is 10.5 Å². The maximum Gasteiger partial charge on any atom is 0.411 e. The molecule has 0 unspecified atom stereocenters. The predicted molar refractivity (Wildman–Crippen MR) is 74.2 cm³/mol. The maximum absolute atomic E-state index is 11.7. The molecular weight excluding hydrogens is 264 g/mol. The first-order valence-electron chi connectivity index (χ1n) is 5.75. The van der Waals surface area contributed by atoms with Gasteiger partial charge in [0.1, 0.15) is 11.8 Å². The van der Waals surface area contributed by atoms with Crippen molar-refractivity contribution in [1.82, 2.24) is 4.98 Å². The van der Waals surface area contributed by atoms with Gasteiger partial charge in [0.25, 0.3) is 0 Å². The molecule has 0 fully saturated rings. The summed E-state index contributed by atoms with van der Waals surface area (Å²) >= 11 is 5.87. The third-order valence-corrected chi connectivity index (χ3v) is 2.97. The fourth-order valence-electron chi connectivity index (χ4n) is 1.51. The van der Waals surface area contributed by atoms with Gasteiger partial charge in [-0.05, 0) is 18.6 Å². The Labute approximate surface area is 116 Å². The summed E-state index contributed by atoms with van der Waals surface area (Å²) in [5.74, 6) is 0. The zero-order valence-electron chi connectivity index (χ0n) is 10.4. The molecule has 0 bridgehead atoms. The standard InChI is InChI=1S/C14H13ClN2O2/c1-10-12(7-8-16-13(10)15)17-14(18)19-9-11-5-3-2-4-6-11/h2-8H,9H2,1H3,(H,16,17,18). The summed E-state index contributed by atoms with van der Waals surface area (Å²) in [7, 11) is 0. The van der Waals surface area contributed by atoms with Crippen molar-refractivity contribution in [1.29, 1.82) is 0 Å². The summed E-state index contributed by atoms with van der Waals surface area (Å²) in [5.41, 5.74) is 2.24. The first kappa shape index (κ1) is 13.4. The predicted octanol–water partition coefficient (Wildman–Crippen LogP) is 3.79. The van der Waals surface area contributed by atoms with Gasteiger partial charge in [-0.25, -0.2) is 9.78 Å². The lowest BCUT2D eigenvalue weighted by Crippen LogP contribution is -2.14. The molecule has 0 radical (unpaired) electrons. The zero-order chi connectivity index (χ0) is 13.7. The van der Waals surface area contributed by atoms with Crippen LogP contribution in [0.5, 0.6) is 0 Å². The number of hydrogen-bond donors (Lipinski definition) is 1. The van der Waals surface area contributed by atoms with Crippen LogP contribution in [0.15, 0.2) is 42.6 Å². The van der Waals surface area contributed by atoms with Crippen molar-refractivity contribution >= 4 is 23.4 Å². The number of halogens is 1. The quantitative estimate of drug-likeness (QED) is 0.868. The molecular formula is C14H13ClN2O2. The van der Waals surface area contributed by atoms with E-state index in [0.717, 1.165) is 5.56 Å². The van der Waals surface area contributed by atoms with Crippen LogP contribution in [0.3, 0.4) is 0 Å². The average molecular weight is 277 g/mol. The van der Waals surface area contributed by atoms with E-state index in [1.165, 1.54) is 6.20 Å². The largest absolute Gasteiger partial charge is 0.444 e. The lowest BCUT2D eigenvalue weighted by atomic mass is 10.2. The Balaban J connectivity index is 1.93. The Bertz CT molecular complexity index is 573. The van der Waals surface area contributed by atoms with E-state index in [0.29, 0.717) is 16.4 Å². The van der Waals surface area contributed by atoms with Crippen LogP contribution in [-0.2, 0) is 11.3 Å². The third-order valence-electron chi connectivity index (χ3n) is 2.59. The highest BCUT2D eigenvalue weighted by atomic mass is 35.5. The summed E-state index contributed by atoms with van der Waals surface area (Å²) in [6.45, 7) is 2.01. The van der Waals surface area contributed by atoms with Gasteiger partial charge >= 0.3 is 6.09 Å². The lowest BCUT2D eigenvalue weighted by molar-refractivity contribution is 0.155. The van der Waals surface area contributed by atoms with Gasteiger partial charge in [-0.3, -0.25) is 5.32 Å². The molecule has 0 aliphatic heterocycles. The SMILES string of the molecule is Cc1c(NC(=O)OCc2ccccc2)ccnc1Cl. The van der Waals surface area contributed by atoms with E-state index in [-0.39, 0.29) is 6.61 Å². The summed E-state index contributed by atoms with van der Waals surface area (Å²) in [4.78, 5) is 15.6. The van der Waals surface area contributed by atoms with Gasteiger partial charge in [0.15, 0.2) is 0 Å². The highest BCUT2D eigenvalue weighted by molar-refractivity contribution is 6.30. The summed E-state index contributed by atoms with van der Waals surface area (Å²) < 4.78 is 5.11. The highest BCUT2D eigenvalue weighted by Crippen LogP contribution is 2.20. The van der Waals surface area contributed by atoms with Crippen LogP contribution < -0.4 is 5.32 Å². The summed E-state index contributed by atoms with van der Waals surface area (Å²) in [6, 6.07) is 11.1. The number of pyridine rings is 1. The van der Waals surface area contributed by atoms with Gasteiger partial charge in [-0.15, -0.1) is 0 Å². The average Bonchev–Trinajstić information content (AvgIpc) is 2.43. The van der Waals surface area contributed by atoms with Crippen LogP contribution in [-0.4, -0.2) is 11.1 Å². The molecule has 1 heterocycles. The van der Waals surface area contributed by atoms with Crippen molar-refractivity contribution in [3.05, 3.63) is 58.9 Å². The Hall–Kier alpha value is -2.07. The van der Waals surface area contributed by atoms with E-state index in [1.54, 1.807) is 13.0 Å². The van der Waals surface area contributed by atoms with E-state index in [9.17, 15) is 4.79 Å². The number of anilines is 1. The number of carbonyl (C=O) groups excluding carboxylic acids is 1. The van der Waals surface area contributed by atoms with Crippen molar-refractivity contribution in [3.63, 3.8) is 0 Å². The number of aromatic nitrogens is 1. The monoisotopic (exact) mass is 276 g/mol. The maximum atomic E-state index is 11.7. The molecule has 5 heteroatoms. The molecule has 0 saturated heterocycles. The molecule has 0 aliphatic rings. The Morgan fingerprint density at radius 1 is 1.32 bits per heavy atom. The van der Waals surface area contributed by atoms with E-state index in [4.69, 9.17) is 16.3 Å². The van der Waals surface area contributed by atoms with Gasteiger partial charge in [-0.1, -0.05) is 41.9 Å². The molecule has 1 amide bonds. The number of ether oxygens (including phenoxy) is 1. The minimum Gasteiger partial charge on any atom is -0.444 e. The number of nitrogens with zero attached hydrogens (tertiary/aromatic N) is 1. The molecule has 2 rings (SSSR count). The topological polar surface area (TPSA) is 51.2 Å². The van der Waals surface area contributed by atoms with Gasteiger partial charge in [0.05, 0.1) is 5.69 Å². The molecule has 98 valence electrons. The summed E-state index contributed by atoms with van der Waals surface area (Å²) in [6.07, 6.45) is 1.01. The fourth-order valence-corrected chi connectivity index (χ4v) is 1.67. The van der Waals surface area contributed by atoms with E-state index in [2.05, 4.69) is 10.3 Å². The molecule has 0 aliphatic carbocycles. The minimum atomic E-state index is -0.519. The molecule has 0 saturated carbocycles. The molecule has 2 aromatic rings. The number of carbonyl (C=O) groups is 1. The van der Waals surface area contributed by atoms with Gasteiger partial charge in [0.2, 0.25) is 0 Å². The normalized spacial score (nSPS) is 10.0. The molecule has 1 aromatic heterocycles. The summed E-state index contributed by atoms with van der Waals surface area (Å²) in [5, 5.41) is 3.00. The molecule has 0 spiro atoms. The first-order valence-corrected chi connectivity index (χ1v) is 6.13. The van der Waals surface area contributed by atoms with Crippen molar-refractivity contribution < 1.29 is 9.53 Å². The number of hydrogen-bond acceptors (Lipinski definition) is 3. The van der Waals surface area contributed by atoms with Crippen molar-refractivity contribution in [3.8, 4) is 0 Å². The van der Waals surface area contributed by atoms with Gasteiger partial charge in [-0.2, -0.15) is 0 Å². The van der Waals surface area contributed by atoms with Crippen molar-refractivity contribution in [2.45, 2.75) is 13.5 Å². The molecule has 1 N–H and O–H groups in total. The smallest absolute Gasteiger partial charge is 0.411 e. The van der Waals surface area contributed by atoms with Crippen LogP contribution >= 0.6 is 11.6 Å². The number of nitrogens with one attached hydrogen (secondary N) is 1. The lowest BCUT2D eigenvalue weighted by Gasteiger charge is -2.09. The van der Waals surface area contributed by atoms with Crippen LogP contribution in [0.25, 0.3) is 0 Å². The zero-order valence-corrected chi connectivity index (χ0v) is 11.1. The van der Waals surface area contributed by atoms with E-state index in [1.807, 2.05) is 30.3 Å². The molecule has 4 nitrogen and oxygen atoms in total. The Kier molecular flexibility index (Phi) is 4.36. The highest BCUT2D eigenvalue weighted by Gasteiger charge is 2.08. The van der Waals surface area contributed by atoms with Crippen molar-refractivity contribution in [2.75, 3.05) is 5.32 Å². The minimum absolute atomic E-state index is 0.227. The number of rotatable bonds is 3. The van der Waals surface area contributed by atoms with Crippen LogP contribution in [0.2, 0.25) is 5.15 Å². The second kappa shape index (κ2) is 6.20. The second-order valence-electron chi connectivity index (χ2n) is 3.96. The fraction of sp³-hybridized carbons (Fsp3) is 0.143. The number of amides is 1.